The van der Waals surface area contributed by atoms with Crippen LogP contribution in [0.15, 0.2) is 24.3 Å². The molecule has 0 radical (unpaired) electrons. The minimum absolute atomic E-state index is 0.803. The molecule has 0 amide bonds. The van der Waals surface area contributed by atoms with Crippen molar-refractivity contribution in [2.45, 2.75) is 46.2 Å². The van der Waals surface area contributed by atoms with Gasteiger partial charge in [0.15, 0.2) is 0 Å². The molecule has 18 heavy (non-hydrogen) atoms. The summed E-state index contributed by atoms with van der Waals surface area (Å²) in [5.74, 6) is 2.54. The summed E-state index contributed by atoms with van der Waals surface area (Å²) in [5, 5.41) is 0. The first-order valence-electron chi connectivity index (χ1n) is 7.46. The number of hydrogen-bond acceptors (Lipinski definition) is 1. The van der Waals surface area contributed by atoms with Gasteiger partial charge in [0.05, 0.1) is 0 Å². The van der Waals surface area contributed by atoms with Gasteiger partial charge in [0.2, 0.25) is 0 Å². The lowest BCUT2D eigenvalue weighted by Gasteiger charge is -2.25. The average Bonchev–Trinajstić information content (AvgIpc) is 2.71. The zero-order valence-corrected chi connectivity index (χ0v) is 11.9. The molecule has 0 N–H and O–H groups in total. The van der Waals surface area contributed by atoms with E-state index < -0.39 is 0 Å². The molecule has 3 atom stereocenters. The largest absolute Gasteiger partial charge is 0.296 e. The fraction of sp³-hybridized carbons (Fsp3) is 0.647. The van der Waals surface area contributed by atoms with E-state index in [9.17, 15) is 0 Å². The third-order valence-corrected chi connectivity index (χ3v) is 5.12. The van der Waals surface area contributed by atoms with Gasteiger partial charge in [-0.15, -0.1) is 0 Å². The second kappa shape index (κ2) is 4.70. The number of fused-ring (bicyclic) bond motifs is 2. The molecule has 0 aliphatic carbocycles. The lowest BCUT2D eigenvalue weighted by molar-refractivity contribution is 0.197. The second-order valence-electron chi connectivity index (χ2n) is 6.69. The van der Waals surface area contributed by atoms with Gasteiger partial charge in [-0.25, -0.2) is 0 Å². The summed E-state index contributed by atoms with van der Waals surface area (Å²) in [6.07, 6.45) is 2.68. The zero-order valence-electron chi connectivity index (χ0n) is 11.9. The molecule has 1 nitrogen and oxygen atoms in total. The Morgan fingerprint density at radius 1 is 1.17 bits per heavy atom. The Hall–Kier alpha value is -0.820. The van der Waals surface area contributed by atoms with Crippen molar-refractivity contribution in [3.8, 4) is 0 Å². The van der Waals surface area contributed by atoms with Crippen molar-refractivity contribution in [2.24, 2.45) is 17.8 Å². The molecular weight excluding hydrogens is 218 g/mol. The van der Waals surface area contributed by atoms with Crippen molar-refractivity contribution in [3.63, 3.8) is 0 Å². The monoisotopic (exact) mass is 243 g/mol. The maximum Gasteiger partial charge on any atom is 0.0239 e. The van der Waals surface area contributed by atoms with Crippen LogP contribution in [0, 0.1) is 17.8 Å². The van der Waals surface area contributed by atoms with Gasteiger partial charge in [-0.2, -0.15) is 0 Å². The maximum atomic E-state index is 2.75. The van der Waals surface area contributed by atoms with E-state index in [2.05, 4.69) is 49.9 Å². The second-order valence-corrected chi connectivity index (χ2v) is 6.69. The summed E-state index contributed by atoms with van der Waals surface area (Å²) in [6, 6.07) is 9.85. The first-order chi connectivity index (χ1) is 8.65. The smallest absolute Gasteiger partial charge is 0.0239 e. The molecule has 1 fully saturated rings. The number of nitrogens with zero attached hydrogens (tertiary/aromatic N) is 1. The van der Waals surface area contributed by atoms with Crippen molar-refractivity contribution in [2.75, 3.05) is 6.54 Å². The van der Waals surface area contributed by atoms with Gasteiger partial charge in [-0.3, -0.25) is 4.90 Å². The summed E-state index contributed by atoms with van der Waals surface area (Å²) in [4.78, 5) is 2.75. The SMILES string of the molecule is CC(C)[C@H]1C[C@H]2[C@H](C)Cc3ccccc3CN2C1. The Bertz CT molecular complexity index is 423. The van der Waals surface area contributed by atoms with Gasteiger partial charge in [0.1, 0.15) is 0 Å². The summed E-state index contributed by atoms with van der Waals surface area (Å²) in [7, 11) is 0. The van der Waals surface area contributed by atoms with E-state index in [0.29, 0.717) is 0 Å². The molecular formula is C17H25N. The van der Waals surface area contributed by atoms with E-state index in [-0.39, 0.29) is 0 Å². The Labute approximate surface area is 111 Å². The van der Waals surface area contributed by atoms with E-state index in [1.807, 2.05) is 0 Å². The summed E-state index contributed by atoms with van der Waals surface area (Å²) in [6.45, 7) is 9.70. The highest BCUT2D eigenvalue weighted by Gasteiger charge is 2.38. The van der Waals surface area contributed by atoms with Crippen LogP contribution < -0.4 is 0 Å². The lowest BCUT2D eigenvalue weighted by atomic mass is 9.87. The highest BCUT2D eigenvalue weighted by atomic mass is 15.2. The van der Waals surface area contributed by atoms with Gasteiger partial charge in [0.25, 0.3) is 0 Å². The molecule has 3 rings (SSSR count). The van der Waals surface area contributed by atoms with Gasteiger partial charge in [0, 0.05) is 19.1 Å². The van der Waals surface area contributed by atoms with E-state index in [1.165, 1.54) is 25.9 Å². The molecule has 0 spiro atoms. The van der Waals surface area contributed by atoms with Crippen molar-refractivity contribution in [1.82, 2.24) is 4.90 Å². The quantitative estimate of drug-likeness (QED) is 0.726. The minimum atomic E-state index is 0.803. The van der Waals surface area contributed by atoms with Crippen LogP contribution in [-0.2, 0) is 13.0 Å². The molecule has 0 bridgehead atoms. The van der Waals surface area contributed by atoms with Crippen molar-refractivity contribution in [1.29, 1.82) is 0 Å². The van der Waals surface area contributed by atoms with Crippen LogP contribution in [0.1, 0.15) is 38.3 Å². The number of benzene rings is 1. The molecule has 0 unspecified atom stereocenters. The summed E-state index contributed by atoms with van der Waals surface area (Å²) < 4.78 is 0. The van der Waals surface area contributed by atoms with E-state index >= 15 is 0 Å². The Morgan fingerprint density at radius 3 is 2.61 bits per heavy atom. The molecule has 98 valence electrons. The zero-order chi connectivity index (χ0) is 12.7. The highest BCUT2D eigenvalue weighted by Crippen LogP contribution is 2.37. The highest BCUT2D eigenvalue weighted by molar-refractivity contribution is 5.29. The van der Waals surface area contributed by atoms with E-state index in [4.69, 9.17) is 0 Å². The Balaban J connectivity index is 1.86. The molecule has 1 aromatic rings. The predicted molar refractivity (Wildman–Crippen MR) is 76.5 cm³/mol. The first kappa shape index (κ1) is 12.2. The minimum Gasteiger partial charge on any atom is -0.296 e. The molecule has 2 heterocycles. The summed E-state index contributed by atoms with van der Waals surface area (Å²) >= 11 is 0. The van der Waals surface area contributed by atoms with E-state index in [1.54, 1.807) is 11.1 Å². The molecule has 1 aromatic carbocycles. The molecule has 2 aliphatic rings. The lowest BCUT2D eigenvalue weighted by Crippen LogP contribution is -2.32. The maximum absolute atomic E-state index is 2.75. The summed E-state index contributed by atoms with van der Waals surface area (Å²) in [5.41, 5.74) is 3.15. The van der Waals surface area contributed by atoms with Gasteiger partial charge in [-0.05, 0) is 41.7 Å². The molecule has 1 heteroatoms. The fourth-order valence-corrected chi connectivity index (χ4v) is 3.84. The molecule has 2 aliphatic heterocycles. The van der Waals surface area contributed by atoms with Crippen LogP contribution in [0.25, 0.3) is 0 Å². The van der Waals surface area contributed by atoms with Crippen molar-refractivity contribution < 1.29 is 0 Å². The van der Waals surface area contributed by atoms with Crippen molar-refractivity contribution in [3.05, 3.63) is 35.4 Å². The molecule has 0 saturated carbocycles. The topological polar surface area (TPSA) is 3.24 Å². The Morgan fingerprint density at radius 2 is 1.89 bits per heavy atom. The number of rotatable bonds is 1. The standard InChI is InChI=1S/C17H25N/c1-12(2)16-9-17-13(3)8-14-6-4-5-7-15(14)10-18(17)11-16/h4-7,12-13,16-17H,8-11H2,1-3H3/t13-,16+,17+/m1/s1. The van der Waals surface area contributed by atoms with Crippen LogP contribution in [0.2, 0.25) is 0 Å². The Kier molecular flexibility index (Phi) is 3.19. The van der Waals surface area contributed by atoms with Crippen LogP contribution in [0.5, 0.6) is 0 Å². The predicted octanol–water partition coefficient (Wildman–Crippen LogP) is 3.73. The van der Waals surface area contributed by atoms with Crippen LogP contribution in [0.4, 0.5) is 0 Å². The van der Waals surface area contributed by atoms with Gasteiger partial charge >= 0.3 is 0 Å². The average molecular weight is 243 g/mol. The van der Waals surface area contributed by atoms with Crippen LogP contribution in [-0.4, -0.2) is 17.5 Å². The normalized spacial score (nSPS) is 32.1. The third-order valence-electron chi connectivity index (χ3n) is 5.12. The first-order valence-corrected chi connectivity index (χ1v) is 7.46. The van der Waals surface area contributed by atoms with Crippen molar-refractivity contribution >= 4 is 0 Å². The van der Waals surface area contributed by atoms with Gasteiger partial charge < -0.3 is 0 Å². The third kappa shape index (κ3) is 2.09. The van der Waals surface area contributed by atoms with Crippen LogP contribution in [0.3, 0.4) is 0 Å². The number of hydrogen-bond donors (Lipinski definition) is 0. The van der Waals surface area contributed by atoms with Crippen LogP contribution >= 0.6 is 0 Å². The van der Waals surface area contributed by atoms with E-state index in [0.717, 1.165) is 23.8 Å². The van der Waals surface area contributed by atoms with Gasteiger partial charge in [-0.1, -0.05) is 45.0 Å². The fourth-order valence-electron chi connectivity index (χ4n) is 3.84. The molecule has 0 aromatic heterocycles. The molecule has 1 saturated heterocycles.